The summed E-state index contributed by atoms with van der Waals surface area (Å²) in [6.07, 6.45) is 0. The molecule has 2 aromatic carbocycles. The predicted octanol–water partition coefficient (Wildman–Crippen LogP) is 5.60. The van der Waals surface area contributed by atoms with E-state index in [1.54, 1.807) is 18.7 Å². The van der Waals surface area contributed by atoms with Gasteiger partial charge in [0.15, 0.2) is 5.76 Å². The van der Waals surface area contributed by atoms with Crippen molar-refractivity contribution in [2.75, 3.05) is 5.32 Å². The Hall–Kier alpha value is -2.93. The molecule has 1 N–H and O–H groups in total. The lowest BCUT2D eigenvalue weighted by Crippen LogP contribution is -2.15. The molecular weight excluding hydrogens is 425 g/mol. The Morgan fingerprint density at radius 3 is 2.61 bits per heavy atom. The van der Waals surface area contributed by atoms with Crippen molar-refractivity contribution in [3.05, 3.63) is 69.8 Å². The van der Waals surface area contributed by atoms with Crippen LogP contribution < -0.4 is 5.32 Å². The van der Waals surface area contributed by atoms with E-state index in [0.717, 1.165) is 21.3 Å². The molecule has 2 aromatic heterocycles. The molecule has 0 atom stereocenters. The number of hydrogen-bond donors (Lipinski definition) is 1. The van der Waals surface area contributed by atoms with Crippen LogP contribution in [0.25, 0.3) is 22.1 Å². The van der Waals surface area contributed by atoms with E-state index >= 15 is 0 Å². The van der Waals surface area contributed by atoms with Gasteiger partial charge in [0.1, 0.15) is 17.2 Å². The SMILES string of the molecule is Cc1nn(C)c(NC(=O)c2oc3ccc(F)cc3c2C)c1-c1ccc(Br)cc1. The van der Waals surface area contributed by atoms with Crippen molar-refractivity contribution >= 4 is 38.6 Å². The molecule has 0 saturated carbocycles. The quantitative estimate of drug-likeness (QED) is 0.449. The van der Waals surface area contributed by atoms with Gasteiger partial charge in [-0.3, -0.25) is 9.48 Å². The summed E-state index contributed by atoms with van der Waals surface area (Å²) >= 11 is 3.43. The minimum Gasteiger partial charge on any atom is -0.451 e. The van der Waals surface area contributed by atoms with E-state index < -0.39 is 5.91 Å². The van der Waals surface area contributed by atoms with Gasteiger partial charge >= 0.3 is 0 Å². The van der Waals surface area contributed by atoms with E-state index in [1.165, 1.54) is 18.2 Å². The predicted molar refractivity (Wildman–Crippen MR) is 110 cm³/mol. The molecule has 0 aliphatic rings. The molecule has 0 saturated heterocycles. The number of nitrogens with zero attached hydrogens (tertiary/aromatic N) is 2. The summed E-state index contributed by atoms with van der Waals surface area (Å²) in [5, 5.41) is 7.93. The van der Waals surface area contributed by atoms with Gasteiger partial charge in [-0.2, -0.15) is 5.10 Å². The van der Waals surface area contributed by atoms with Crippen molar-refractivity contribution in [1.29, 1.82) is 0 Å². The highest BCUT2D eigenvalue weighted by Gasteiger charge is 2.22. The van der Waals surface area contributed by atoms with Gasteiger partial charge in [0, 0.05) is 28.0 Å². The zero-order valence-corrected chi connectivity index (χ0v) is 17.1. The van der Waals surface area contributed by atoms with Gasteiger partial charge in [0.2, 0.25) is 0 Å². The number of fused-ring (bicyclic) bond motifs is 1. The van der Waals surface area contributed by atoms with E-state index in [1.807, 2.05) is 31.2 Å². The number of halogens is 2. The summed E-state index contributed by atoms with van der Waals surface area (Å²) in [4.78, 5) is 12.9. The second-order valence-corrected chi connectivity index (χ2v) is 7.51. The third-order valence-electron chi connectivity index (χ3n) is 4.69. The maximum absolute atomic E-state index is 13.5. The molecule has 0 aliphatic carbocycles. The van der Waals surface area contributed by atoms with Crippen LogP contribution in [0.4, 0.5) is 10.2 Å². The summed E-state index contributed by atoms with van der Waals surface area (Å²) in [6.45, 7) is 3.63. The summed E-state index contributed by atoms with van der Waals surface area (Å²) in [5.74, 6) is -0.0596. The van der Waals surface area contributed by atoms with Crippen LogP contribution in [0.1, 0.15) is 21.8 Å². The van der Waals surface area contributed by atoms with E-state index in [4.69, 9.17) is 4.42 Å². The van der Waals surface area contributed by atoms with Gasteiger partial charge in [0.05, 0.1) is 5.69 Å². The standard InChI is InChI=1S/C21H17BrFN3O2/c1-11-16-10-15(23)8-9-17(16)28-19(11)21(27)24-20-18(12(2)25-26(20)3)13-4-6-14(22)7-5-13/h4-10H,1-3H3,(H,24,27). The van der Waals surface area contributed by atoms with E-state index in [2.05, 4.69) is 26.3 Å². The molecule has 0 spiro atoms. The van der Waals surface area contributed by atoms with Crippen molar-refractivity contribution in [3.63, 3.8) is 0 Å². The molecule has 2 heterocycles. The lowest BCUT2D eigenvalue weighted by atomic mass is 10.1. The Bertz CT molecular complexity index is 1210. The number of amides is 1. The number of carbonyl (C=O) groups is 1. The Kier molecular flexibility index (Phi) is 4.55. The Labute approximate surface area is 169 Å². The second-order valence-electron chi connectivity index (χ2n) is 6.59. The molecule has 0 bridgehead atoms. The average Bonchev–Trinajstić information content (AvgIpc) is 3.12. The topological polar surface area (TPSA) is 60.1 Å². The molecule has 0 radical (unpaired) electrons. The van der Waals surface area contributed by atoms with Gasteiger partial charge in [0.25, 0.3) is 5.91 Å². The summed E-state index contributed by atoms with van der Waals surface area (Å²) in [7, 11) is 1.77. The number of anilines is 1. The first-order valence-electron chi connectivity index (χ1n) is 8.64. The van der Waals surface area contributed by atoms with Crippen molar-refractivity contribution < 1.29 is 13.6 Å². The zero-order chi connectivity index (χ0) is 20.0. The average molecular weight is 442 g/mol. The van der Waals surface area contributed by atoms with Crippen LogP contribution in [-0.2, 0) is 7.05 Å². The number of aromatic nitrogens is 2. The summed E-state index contributed by atoms with van der Waals surface area (Å²) in [6, 6.07) is 12.0. The maximum atomic E-state index is 13.5. The third-order valence-corrected chi connectivity index (χ3v) is 5.22. The molecule has 1 amide bonds. The molecule has 28 heavy (non-hydrogen) atoms. The van der Waals surface area contributed by atoms with Crippen LogP contribution in [0.15, 0.2) is 51.4 Å². The fraction of sp³-hybridized carbons (Fsp3) is 0.143. The summed E-state index contributed by atoms with van der Waals surface area (Å²) < 4.78 is 21.8. The lowest BCUT2D eigenvalue weighted by molar-refractivity contribution is 0.0997. The maximum Gasteiger partial charge on any atom is 0.292 e. The van der Waals surface area contributed by atoms with Crippen LogP contribution in [0.5, 0.6) is 0 Å². The highest BCUT2D eigenvalue weighted by Crippen LogP contribution is 2.33. The number of rotatable bonds is 3. The fourth-order valence-corrected chi connectivity index (χ4v) is 3.60. The monoisotopic (exact) mass is 441 g/mol. The second kappa shape index (κ2) is 6.91. The molecule has 5 nitrogen and oxygen atoms in total. The lowest BCUT2D eigenvalue weighted by Gasteiger charge is -2.09. The van der Waals surface area contributed by atoms with E-state index in [0.29, 0.717) is 22.4 Å². The first-order valence-corrected chi connectivity index (χ1v) is 9.44. The first-order chi connectivity index (χ1) is 13.3. The molecule has 0 unspecified atom stereocenters. The van der Waals surface area contributed by atoms with Gasteiger partial charge in [-0.15, -0.1) is 0 Å². The number of benzene rings is 2. The molecule has 142 valence electrons. The molecule has 0 aliphatic heterocycles. The summed E-state index contributed by atoms with van der Waals surface area (Å²) in [5.41, 5.74) is 3.63. The third kappa shape index (κ3) is 3.11. The Balaban J connectivity index is 1.75. The van der Waals surface area contributed by atoms with Crippen LogP contribution in [0, 0.1) is 19.7 Å². The smallest absolute Gasteiger partial charge is 0.292 e. The fourth-order valence-electron chi connectivity index (χ4n) is 3.34. The first kappa shape index (κ1) is 18.4. The van der Waals surface area contributed by atoms with Crippen LogP contribution in [0.2, 0.25) is 0 Å². The molecule has 0 fully saturated rings. The number of nitrogens with one attached hydrogen (secondary N) is 1. The van der Waals surface area contributed by atoms with Gasteiger partial charge in [-0.1, -0.05) is 28.1 Å². The number of aryl methyl sites for hydroxylation is 3. The van der Waals surface area contributed by atoms with E-state index in [9.17, 15) is 9.18 Å². The van der Waals surface area contributed by atoms with Crippen molar-refractivity contribution in [1.82, 2.24) is 9.78 Å². The van der Waals surface area contributed by atoms with Gasteiger partial charge < -0.3 is 9.73 Å². The largest absolute Gasteiger partial charge is 0.451 e. The number of carbonyl (C=O) groups excluding carboxylic acids is 1. The Morgan fingerprint density at radius 2 is 1.89 bits per heavy atom. The zero-order valence-electron chi connectivity index (χ0n) is 15.5. The van der Waals surface area contributed by atoms with Gasteiger partial charge in [-0.05, 0) is 49.7 Å². The molecule has 7 heteroatoms. The highest BCUT2D eigenvalue weighted by atomic mass is 79.9. The Morgan fingerprint density at radius 1 is 1.18 bits per heavy atom. The van der Waals surface area contributed by atoms with Crippen LogP contribution in [-0.4, -0.2) is 15.7 Å². The highest BCUT2D eigenvalue weighted by molar-refractivity contribution is 9.10. The van der Waals surface area contributed by atoms with Crippen LogP contribution in [0.3, 0.4) is 0 Å². The molecular formula is C21H17BrFN3O2. The van der Waals surface area contributed by atoms with Gasteiger partial charge in [-0.25, -0.2) is 4.39 Å². The normalized spacial score (nSPS) is 11.2. The van der Waals surface area contributed by atoms with E-state index in [-0.39, 0.29) is 11.6 Å². The van der Waals surface area contributed by atoms with Crippen LogP contribution >= 0.6 is 15.9 Å². The number of furan rings is 1. The van der Waals surface area contributed by atoms with Crippen molar-refractivity contribution in [2.24, 2.45) is 7.05 Å². The molecule has 4 aromatic rings. The molecule has 4 rings (SSSR count). The van der Waals surface area contributed by atoms with Crippen molar-refractivity contribution in [2.45, 2.75) is 13.8 Å². The number of hydrogen-bond acceptors (Lipinski definition) is 3. The minimum absolute atomic E-state index is 0.154. The minimum atomic E-state index is -0.407. The van der Waals surface area contributed by atoms with Crippen molar-refractivity contribution in [3.8, 4) is 11.1 Å².